The first-order valence-corrected chi connectivity index (χ1v) is 6.40. The minimum Gasteiger partial charge on any atom is -0.308 e. The van der Waals surface area contributed by atoms with Crippen molar-refractivity contribution in [3.63, 3.8) is 0 Å². The van der Waals surface area contributed by atoms with Gasteiger partial charge in [-0.15, -0.1) is 0 Å². The van der Waals surface area contributed by atoms with Gasteiger partial charge in [-0.2, -0.15) is 5.10 Å². The third-order valence-corrected chi connectivity index (χ3v) is 3.36. The second kappa shape index (κ2) is 5.85. The number of aromatic nitrogens is 2. The molecule has 20 heavy (non-hydrogen) atoms. The Hall–Kier alpha value is -1.53. The van der Waals surface area contributed by atoms with Gasteiger partial charge in [0.25, 0.3) is 0 Å². The molecule has 1 N–H and O–H groups in total. The first-order valence-electron chi connectivity index (χ1n) is 6.03. The monoisotopic (exact) mass is 303 g/mol. The second-order valence-electron chi connectivity index (χ2n) is 4.18. The van der Waals surface area contributed by atoms with Gasteiger partial charge in [0.2, 0.25) is 0 Å². The predicted octanol–water partition coefficient (Wildman–Crippen LogP) is 3.28. The summed E-state index contributed by atoms with van der Waals surface area (Å²) in [6, 6.07) is 1.36. The number of nitrogens with zero attached hydrogens (tertiary/aromatic N) is 2. The molecule has 1 aromatic carbocycles. The van der Waals surface area contributed by atoms with Crippen LogP contribution >= 0.6 is 11.6 Å². The normalized spacial score (nSPS) is 12.7. The molecule has 0 aliphatic rings. The summed E-state index contributed by atoms with van der Waals surface area (Å²) in [7, 11) is 1.58. The van der Waals surface area contributed by atoms with E-state index in [-0.39, 0.29) is 5.56 Å². The third-order valence-electron chi connectivity index (χ3n) is 3.07. The minimum absolute atomic E-state index is 0.0245. The summed E-state index contributed by atoms with van der Waals surface area (Å²) in [5.41, 5.74) is 0.477. The van der Waals surface area contributed by atoms with Crippen LogP contribution in [0.3, 0.4) is 0 Å². The highest BCUT2D eigenvalue weighted by Gasteiger charge is 2.25. The average Bonchev–Trinajstić information content (AvgIpc) is 2.81. The Bertz CT molecular complexity index is 628. The molecule has 0 saturated heterocycles. The number of hydrogen-bond acceptors (Lipinski definition) is 2. The molecule has 108 valence electrons. The van der Waals surface area contributed by atoms with Gasteiger partial charge < -0.3 is 5.32 Å². The number of halogens is 4. The Morgan fingerprint density at radius 3 is 2.60 bits per heavy atom. The molecule has 0 spiro atoms. The van der Waals surface area contributed by atoms with E-state index in [2.05, 4.69) is 10.4 Å². The largest absolute Gasteiger partial charge is 0.308 e. The maximum atomic E-state index is 13.9. The zero-order valence-electron chi connectivity index (χ0n) is 10.9. The highest BCUT2D eigenvalue weighted by molar-refractivity contribution is 6.31. The Labute approximate surface area is 119 Å². The van der Waals surface area contributed by atoms with E-state index < -0.39 is 23.5 Å². The van der Waals surface area contributed by atoms with Gasteiger partial charge in [-0.3, -0.25) is 4.68 Å². The van der Waals surface area contributed by atoms with Gasteiger partial charge in [-0.1, -0.05) is 17.7 Å². The van der Waals surface area contributed by atoms with Crippen molar-refractivity contribution in [3.8, 4) is 0 Å². The molecule has 7 heteroatoms. The molecule has 0 amide bonds. The van der Waals surface area contributed by atoms with Gasteiger partial charge in [0.15, 0.2) is 17.5 Å². The lowest BCUT2D eigenvalue weighted by Gasteiger charge is -2.19. The van der Waals surface area contributed by atoms with Crippen LogP contribution in [0.5, 0.6) is 0 Å². The van der Waals surface area contributed by atoms with Gasteiger partial charge in [-0.25, -0.2) is 13.2 Å². The SMILES string of the molecule is CCn1ncc(Cl)c1C(NC)c1ccc(F)c(F)c1F. The van der Waals surface area contributed by atoms with E-state index in [0.717, 1.165) is 6.07 Å². The Balaban J connectivity index is 2.58. The van der Waals surface area contributed by atoms with Crippen LogP contribution in [0.25, 0.3) is 0 Å². The van der Waals surface area contributed by atoms with E-state index in [0.29, 0.717) is 17.3 Å². The van der Waals surface area contributed by atoms with Crippen molar-refractivity contribution in [3.05, 3.63) is 52.1 Å². The van der Waals surface area contributed by atoms with Crippen LogP contribution in [0.2, 0.25) is 5.02 Å². The molecule has 0 saturated carbocycles. The Morgan fingerprint density at radius 1 is 1.30 bits per heavy atom. The maximum absolute atomic E-state index is 13.9. The molecule has 2 rings (SSSR count). The zero-order valence-corrected chi connectivity index (χ0v) is 11.7. The quantitative estimate of drug-likeness (QED) is 0.879. The van der Waals surface area contributed by atoms with Crippen molar-refractivity contribution < 1.29 is 13.2 Å². The number of nitrogens with one attached hydrogen (secondary N) is 1. The van der Waals surface area contributed by atoms with Gasteiger partial charge in [0.05, 0.1) is 23.0 Å². The van der Waals surface area contributed by atoms with Crippen molar-refractivity contribution in [2.24, 2.45) is 0 Å². The second-order valence-corrected chi connectivity index (χ2v) is 4.59. The van der Waals surface area contributed by atoms with Crippen LogP contribution in [-0.2, 0) is 6.54 Å². The molecular formula is C13H13ClF3N3. The first kappa shape index (κ1) is 14.9. The smallest absolute Gasteiger partial charge is 0.194 e. The zero-order chi connectivity index (χ0) is 14.9. The highest BCUT2D eigenvalue weighted by atomic mass is 35.5. The fourth-order valence-electron chi connectivity index (χ4n) is 2.11. The lowest BCUT2D eigenvalue weighted by atomic mass is 10.0. The summed E-state index contributed by atoms with van der Waals surface area (Å²) in [6.45, 7) is 2.37. The van der Waals surface area contributed by atoms with Gasteiger partial charge in [-0.05, 0) is 20.0 Å². The van der Waals surface area contributed by atoms with Crippen molar-refractivity contribution in [2.45, 2.75) is 19.5 Å². The van der Waals surface area contributed by atoms with Gasteiger partial charge in [0.1, 0.15) is 0 Å². The number of aryl methyl sites for hydroxylation is 1. The van der Waals surface area contributed by atoms with Crippen LogP contribution in [-0.4, -0.2) is 16.8 Å². The topological polar surface area (TPSA) is 29.9 Å². The molecule has 3 nitrogen and oxygen atoms in total. The summed E-state index contributed by atoms with van der Waals surface area (Å²) in [5, 5.41) is 7.23. The molecule has 1 heterocycles. The summed E-state index contributed by atoms with van der Waals surface area (Å²) < 4.78 is 41.9. The summed E-state index contributed by atoms with van der Waals surface area (Å²) >= 11 is 6.06. The van der Waals surface area contributed by atoms with Crippen molar-refractivity contribution in [1.29, 1.82) is 0 Å². The van der Waals surface area contributed by atoms with E-state index in [1.807, 2.05) is 6.92 Å². The van der Waals surface area contributed by atoms with Crippen molar-refractivity contribution in [1.82, 2.24) is 15.1 Å². The van der Waals surface area contributed by atoms with Crippen LogP contribution in [0.15, 0.2) is 18.3 Å². The molecule has 0 radical (unpaired) electrons. The molecule has 0 bridgehead atoms. The average molecular weight is 304 g/mol. The minimum atomic E-state index is -1.50. The van der Waals surface area contributed by atoms with E-state index in [4.69, 9.17) is 11.6 Å². The molecule has 0 aliphatic heterocycles. The molecule has 1 unspecified atom stereocenters. The molecule has 0 fully saturated rings. The predicted molar refractivity (Wildman–Crippen MR) is 70.1 cm³/mol. The maximum Gasteiger partial charge on any atom is 0.194 e. The van der Waals surface area contributed by atoms with Crippen LogP contribution in [0.4, 0.5) is 13.2 Å². The van der Waals surface area contributed by atoms with Crippen LogP contribution < -0.4 is 5.32 Å². The number of benzene rings is 1. The fraction of sp³-hybridized carbons (Fsp3) is 0.308. The first-order chi connectivity index (χ1) is 9.51. The van der Waals surface area contributed by atoms with Crippen LogP contribution in [0, 0.1) is 17.5 Å². The Morgan fingerprint density at radius 2 is 2.00 bits per heavy atom. The third kappa shape index (κ3) is 2.41. The lowest BCUT2D eigenvalue weighted by Crippen LogP contribution is -2.23. The highest BCUT2D eigenvalue weighted by Crippen LogP contribution is 2.30. The summed E-state index contributed by atoms with van der Waals surface area (Å²) in [5.74, 6) is -3.96. The standard InChI is InChI=1S/C13H13ClF3N3/c1-3-20-13(8(14)6-19-20)12(18-2)7-4-5-9(15)11(17)10(7)16/h4-6,12,18H,3H2,1-2H3. The van der Waals surface area contributed by atoms with Crippen molar-refractivity contribution in [2.75, 3.05) is 7.05 Å². The lowest BCUT2D eigenvalue weighted by molar-refractivity contribution is 0.432. The van der Waals surface area contributed by atoms with E-state index in [1.54, 1.807) is 11.7 Å². The number of hydrogen-bond donors (Lipinski definition) is 1. The van der Waals surface area contributed by atoms with Crippen molar-refractivity contribution >= 4 is 11.6 Å². The number of rotatable bonds is 4. The summed E-state index contributed by atoms with van der Waals surface area (Å²) in [4.78, 5) is 0. The fourth-order valence-corrected chi connectivity index (χ4v) is 2.36. The molecule has 2 aromatic rings. The van der Waals surface area contributed by atoms with Gasteiger partial charge >= 0.3 is 0 Å². The van der Waals surface area contributed by atoms with Crippen LogP contribution in [0.1, 0.15) is 24.2 Å². The van der Waals surface area contributed by atoms with E-state index in [9.17, 15) is 13.2 Å². The molecular weight excluding hydrogens is 291 g/mol. The van der Waals surface area contributed by atoms with Gasteiger partial charge in [0, 0.05) is 12.1 Å². The van der Waals surface area contributed by atoms with E-state index in [1.165, 1.54) is 12.3 Å². The Kier molecular flexibility index (Phi) is 4.35. The molecule has 1 aromatic heterocycles. The molecule has 0 aliphatic carbocycles. The molecule has 1 atom stereocenters. The summed E-state index contributed by atoms with van der Waals surface area (Å²) in [6.07, 6.45) is 1.43. The van der Waals surface area contributed by atoms with E-state index >= 15 is 0 Å².